The van der Waals surface area contributed by atoms with E-state index in [1.54, 1.807) is 0 Å². The Morgan fingerprint density at radius 3 is 2.20 bits per heavy atom. The van der Waals surface area contributed by atoms with Crippen LogP contribution in [0.2, 0.25) is 0 Å². The van der Waals surface area contributed by atoms with Crippen molar-refractivity contribution in [2.75, 3.05) is 13.1 Å². The van der Waals surface area contributed by atoms with Crippen LogP contribution >= 0.6 is 0 Å². The summed E-state index contributed by atoms with van der Waals surface area (Å²) < 4.78 is 37.7. The monoisotopic (exact) mass is 287 g/mol. The van der Waals surface area contributed by atoms with Crippen LogP contribution in [-0.4, -0.2) is 35.3 Å². The number of benzene rings is 1. The summed E-state index contributed by atoms with van der Waals surface area (Å²) in [5, 5.41) is 10.2. The lowest BCUT2D eigenvalue weighted by Crippen LogP contribution is -2.38. The molecule has 1 N–H and O–H groups in total. The molecule has 1 saturated carbocycles. The fourth-order valence-corrected chi connectivity index (χ4v) is 2.54. The van der Waals surface area contributed by atoms with Crippen molar-refractivity contribution in [1.29, 1.82) is 0 Å². The van der Waals surface area contributed by atoms with E-state index in [1.807, 2.05) is 32.0 Å². The Morgan fingerprint density at radius 2 is 1.75 bits per heavy atom. The van der Waals surface area contributed by atoms with Gasteiger partial charge in [-0.3, -0.25) is 4.90 Å². The molecule has 1 aliphatic rings. The molecule has 5 heteroatoms. The van der Waals surface area contributed by atoms with Crippen LogP contribution in [0.4, 0.5) is 13.2 Å². The Kier molecular flexibility index (Phi) is 4.39. The Morgan fingerprint density at radius 1 is 1.20 bits per heavy atom. The van der Waals surface area contributed by atoms with E-state index in [4.69, 9.17) is 0 Å². The van der Waals surface area contributed by atoms with E-state index >= 15 is 0 Å². The van der Waals surface area contributed by atoms with Crippen LogP contribution in [0, 0.1) is 13.8 Å². The third kappa shape index (κ3) is 4.49. The average molecular weight is 287 g/mol. The van der Waals surface area contributed by atoms with Crippen molar-refractivity contribution in [1.82, 2.24) is 4.90 Å². The van der Waals surface area contributed by atoms with Crippen LogP contribution in [0.5, 0.6) is 0 Å². The summed E-state index contributed by atoms with van der Waals surface area (Å²) >= 11 is 0. The second kappa shape index (κ2) is 5.74. The molecule has 0 heterocycles. The quantitative estimate of drug-likeness (QED) is 0.897. The van der Waals surface area contributed by atoms with E-state index in [0.717, 1.165) is 24.0 Å². The Bertz CT molecular complexity index is 448. The molecule has 2 nitrogen and oxygen atoms in total. The lowest BCUT2D eigenvalue weighted by atomic mass is 10.0. The number of aliphatic hydroxyl groups is 1. The largest absolute Gasteiger partial charge is 0.401 e. The minimum Gasteiger partial charge on any atom is -0.387 e. The molecule has 0 bridgehead atoms. The first-order chi connectivity index (χ1) is 9.24. The van der Waals surface area contributed by atoms with E-state index in [2.05, 4.69) is 0 Å². The third-order valence-corrected chi connectivity index (χ3v) is 3.48. The maximum Gasteiger partial charge on any atom is 0.401 e. The predicted octanol–water partition coefficient (Wildman–Crippen LogP) is 3.36. The highest BCUT2D eigenvalue weighted by Gasteiger charge is 2.38. The molecule has 1 aromatic carbocycles. The maximum atomic E-state index is 12.6. The Hall–Kier alpha value is -1.07. The number of hydrogen-bond acceptors (Lipinski definition) is 2. The van der Waals surface area contributed by atoms with Crippen molar-refractivity contribution in [3.8, 4) is 0 Å². The van der Waals surface area contributed by atoms with E-state index < -0.39 is 18.8 Å². The van der Waals surface area contributed by atoms with Crippen molar-refractivity contribution in [2.24, 2.45) is 0 Å². The molecule has 20 heavy (non-hydrogen) atoms. The molecule has 1 unspecified atom stereocenters. The van der Waals surface area contributed by atoms with Crippen LogP contribution in [-0.2, 0) is 0 Å². The fraction of sp³-hybridized carbons (Fsp3) is 0.600. The predicted molar refractivity (Wildman–Crippen MR) is 71.5 cm³/mol. The minimum atomic E-state index is -4.22. The van der Waals surface area contributed by atoms with Gasteiger partial charge in [-0.15, -0.1) is 0 Å². The first-order valence-electron chi connectivity index (χ1n) is 6.81. The smallest absolute Gasteiger partial charge is 0.387 e. The van der Waals surface area contributed by atoms with Crippen LogP contribution in [0.15, 0.2) is 18.2 Å². The lowest BCUT2D eigenvalue weighted by molar-refractivity contribution is -0.149. The summed E-state index contributed by atoms with van der Waals surface area (Å²) in [6, 6.07) is 5.61. The molecule has 2 rings (SSSR count). The van der Waals surface area contributed by atoms with Gasteiger partial charge in [0.05, 0.1) is 12.6 Å². The Balaban J connectivity index is 2.05. The minimum absolute atomic E-state index is 0.0304. The summed E-state index contributed by atoms with van der Waals surface area (Å²) in [4.78, 5) is 1.35. The fourth-order valence-electron chi connectivity index (χ4n) is 2.54. The van der Waals surface area contributed by atoms with Crippen LogP contribution in [0.3, 0.4) is 0 Å². The third-order valence-electron chi connectivity index (χ3n) is 3.48. The standard InChI is InChI=1S/C15H20F3NO/c1-10-5-11(2)7-12(6-10)14(20)8-19(13-3-4-13)9-15(16,17)18/h5-7,13-14,20H,3-4,8-9H2,1-2H3. The summed E-state index contributed by atoms with van der Waals surface area (Å²) in [5.41, 5.74) is 2.70. The van der Waals surface area contributed by atoms with Gasteiger partial charge in [0, 0.05) is 12.6 Å². The average Bonchev–Trinajstić information content (AvgIpc) is 3.08. The number of halogens is 3. The summed E-state index contributed by atoms with van der Waals surface area (Å²) in [5.74, 6) is 0. The number of aliphatic hydroxyl groups excluding tert-OH is 1. The van der Waals surface area contributed by atoms with Crippen LogP contribution in [0.1, 0.15) is 35.6 Å². The molecule has 1 fully saturated rings. The van der Waals surface area contributed by atoms with Crippen molar-refractivity contribution in [2.45, 2.75) is 45.0 Å². The van der Waals surface area contributed by atoms with Gasteiger partial charge in [-0.05, 0) is 32.3 Å². The SMILES string of the molecule is Cc1cc(C)cc(C(O)CN(CC(F)(F)F)C2CC2)c1. The zero-order chi connectivity index (χ0) is 14.9. The van der Waals surface area contributed by atoms with E-state index in [1.165, 1.54) is 4.90 Å². The lowest BCUT2D eigenvalue weighted by Gasteiger charge is -2.26. The normalized spacial score (nSPS) is 17.6. The van der Waals surface area contributed by atoms with Crippen molar-refractivity contribution >= 4 is 0 Å². The number of alkyl halides is 3. The van der Waals surface area contributed by atoms with Gasteiger partial charge in [0.2, 0.25) is 0 Å². The van der Waals surface area contributed by atoms with Gasteiger partial charge in [0.15, 0.2) is 0 Å². The highest BCUT2D eigenvalue weighted by atomic mass is 19.4. The van der Waals surface area contributed by atoms with E-state index in [9.17, 15) is 18.3 Å². The molecule has 0 aliphatic heterocycles. The molecule has 0 aromatic heterocycles. The van der Waals surface area contributed by atoms with Crippen molar-refractivity contribution in [3.63, 3.8) is 0 Å². The number of nitrogens with zero attached hydrogens (tertiary/aromatic N) is 1. The van der Waals surface area contributed by atoms with Gasteiger partial charge in [-0.25, -0.2) is 0 Å². The molecule has 1 atom stereocenters. The van der Waals surface area contributed by atoms with Crippen molar-refractivity contribution < 1.29 is 18.3 Å². The molecular weight excluding hydrogens is 267 g/mol. The van der Waals surface area contributed by atoms with Gasteiger partial charge in [0.1, 0.15) is 0 Å². The number of hydrogen-bond donors (Lipinski definition) is 1. The van der Waals surface area contributed by atoms with Crippen molar-refractivity contribution in [3.05, 3.63) is 34.9 Å². The molecule has 0 amide bonds. The summed E-state index contributed by atoms with van der Waals surface area (Å²) in [6.07, 6.45) is -3.52. The molecule has 1 aliphatic carbocycles. The highest BCUT2D eigenvalue weighted by molar-refractivity contribution is 5.30. The van der Waals surface area contributed by atoms with Crippen LogP contribution < -0.4 is 0 Å². The molecule has 0 saturated heterocycles. The van der Waals surface area contributed by atoms with Gasteiger partial charge in [-0.1, -0.05) is 29.3 Å². The number of aryl methyl sites for hydroxylation is 2. The molecule has 0 radical (unpaired) electrons. The molecular formula is C15H20F3NO. The zero-order valence-electron chi connectivity index (χ0n) is 11.7. The number of rotatable bonds is 5. The van der Waals surface area contributed by atoms with Crippen LogP contribution in [0.25, 0.3) is 0 Å². The van der Waals surface area contributed by atoms with E-state index in [0.29, 0.717) is 5.56 Å². The van der Waals surface area contributed by atoms with Gasteiger partial charge in [-0.2, -0.15) is 13.2 Å². The van der Waals surface area contributed by atoms with Gasteiger partial charge >= 0.3 is 6.18 Å². The van der Waals surface area contributed by atoms with Gasteiger partial charge < -0.3 is 5.11 Å². The second-order valence-electron chi connectivity index (χ2n) is 5.71. The second-order valence-corrected chi connectivity index (χ2v) is 5.71. The molecule has 112 valence electrons. The summed E-state index contributed by atoms with van der Waals surface area (Å²) in [6.45, 7) is 2.92. The van der Waals surface area contributed by atoms with E-state index in [-0.39, 0.29) is 12.6 Å². The van der Waals surface area contributed by atoms with Gasteiger partial charge in [0.25, 0.3) is 0 Å². The molecule has 0 spiro atoms. The first-order valence-corrected chi connectivity index (χ1v) is 6.81. The highest BCUT2D eigenvalue weighted by Crippen LogP contribution is 2.32. The molecule has 1 aromatic rings. The Labute approximate surface area is 117 Å². The topological polar surface area (TPSA) is 23.5 Å². The maximum absolute atomic E-state index is 12.6. The zero-order valence-corrected chi connectivity index (χ0v) is 11.7. The summed E-state index contributed by atoms with van der Waals surface area (Å²) in [7, 11) is 0. The first kappa shape index (κ1) is 15.3.